The number of piperidine rings is 2. The van der Waals surface area contributed by atoms with Gasteiger partial charge in [0.1, 0.15) is 29.5 Å². The van der Waals surface area contributed by atoms with Crippen LogP contribution in [0.3, 0.4) is 0 Å². The highest BCUT2D eigenvalue weighted by Crippen LogP contribution is 2.57. The Bertz CT molecular complexity index is 3110. The zero-order chi connectivity index (χ0) is 54.6. The molecule has 10 rings (SSSR count). The normalized spacial score (nSPS) is 24.3. The third-order valence-corrected chi connectivity index (χ3v) is 17.4. The average molecular weight is 1090 g/mol. The number of ether oxygens (including phenoxy) is 2. The van der Waals surface area contributed by atoms with Crippen LogP contribution < -0.4 is 30.7 Å². The topological polar surface area (TPSA) is 185 Å². The molecule has 5 amide bonds. The van der Waals surface area contributed by atoms with Gasteiger partial charge in [0, 0.05) is 91.4 Å². The second-order valence-corrected chi connectivity index (χ2v) is 22.1. The van der Waals surface area contributed by atoms with E-state index in [1.807, 2.05) is 37.3 Å². The third kappa shape index (κ3) is 9.90. The zero-order valence-electron chi connectivity index (χ0n) is 43.7. The van der Waals surface area contributed by atoms with Crippen molar-refractivity contribution in [2.45, 2.75) is 114 Å². The molecular formula is C57H65ClF4N8O7. The van der Waals surface area contributed by atoms with Crippen molar-refractivity contribution in [2.75, 3.05) is 50.8 Å². The second kappa shape index (κ2) is 21.9. The number of urea groups is 1. The molecule has 4 atom stereocenters. The van der Waals surface area contributed by atoms with Crippen molar-refractivity contribution in [2.24, 2.45) is 24.6 Å². The number of aryl methyl sites for hydroxylation is 1. The van der Waals surface area contributed by atoms with Crippen molar-refractivity contribution < 1.29 is 51.3 Å². The number of aliphatic hydroxyl groups excluding tert-OH is 1. The molecule has 1 aliphatic carbocycles. The van der Waals surface area contributed by atoms with E-state index >= 15 is 17.6 Å². The van der Waals surface area contributed by atoms with E-state index in [9.17, 15) is 24.3 Å². The quantitative estimate of drug-likeness (QED) is 0.0784. The maximum absolute atomic E-state index is 16.5. The van der Waals surface area contributed by atoms with Gasteiger partial charge in [-0.15, -0.1) is 0 Å². The summed E-state index contributed by atoms with van der Waals surface area (Å²) in [6.07, 6.45) is 5.52. The SMILES string of the molecule is CC(C)C1CC(N2CCC(c3c(F)cc4c(N5CCC(=O)NC5=O)nn(C)c4c3F)CC2)CCN1C(=O)C1CCC(NCC2(c3ccccc3)Oc3cc(F)c(Cl)c(-c4c(C(N)=O)ccc(OCCO)c4F)c3C2C)CC1. The standard InChI is InChI=1S/C57H65ClF4N8O7/c1-30(2)41-26-36(68-20-16-32(17-21-68)46-39(59)27-38-52(51(46)62)67(4)66-54(38)70-23-19-44(72)65-56(70)75)18-22-69(41)55(74)33-10-12-35(13-11-33)64-29-57(34-8-6-5-7-9-34)31(3)45-43(77-57)28-40(60)49(58)48(45)47-37(53(63)73)14-15-42(50(47)61)76-25-24-71/h5-9,14-15,27-28,30-33,35-36,41,64,71H,10-13,16-26,29H2,1-4H3,(H2,63,73)(H,65,72,75). The van der Waals surface area contributed by atoms with Gasteiger partial charge < -0.3 is 35.4 Å². The van der Waals surface area contributed by atoms with E-state index in [1.165, 1.54) is 33.8 Å². The number of nitrogens with one attached hydrogen (secondary N) is 2. The van der Waals surface area contributed by atoms with Crippen LogP contribution in [0.2, 0.25) is 5.02 Å². The van der Waals surface area contributed by atoms with Crippen molar-refractivity contribution in [3.63, 3.8) is 0 Å². The van der Waals surface area contributed by atoms with Crippen LogP contribution in [-0.4, -0.2) is 113 Å². The number of aromatic nitrogens is 2. The fourth-order valence-corrected chi connectivity index (χ4v) is 13.3. The first-order valence-corrected chi connectivity index (χ1v) is 27.2. The molecule has 4 unspecified atom stereocenters. The number of primary amides is 1. The number of hydrogen-bond donors (Lipinski definition) is 4. The molecule has 20 heteroatoms. The van der Waals surface area contributed by atoms with Gasteiger partial charge in [-0.1, -0.05) is 62.7 Å². The van der Waals surface area contributed by atoms with Crippen molar-refractivity contribution >= 4 is 52.1 Å². The Labute approximate surface area is 449 Å². The fraction of sp³-hybridized carbons (Fsp3) is 0.491. The molecule has 0 radical (unpaired) electrons. The van der Waals surface area contributed by atoms with Gasteiger partial charge in [-0.05, 0) is 100 Å². The maximum atomic E-state index is 16.5. The lowest BCUT2D eigenvalue weighted by Gasteiger charge is -2.48. The summed E-state index contributed by atoms with van der Waals surface area (Å²) < 4.78 is 78.5. The lowest BCUT2D eigenvalue weighted by molar-refractivity contribution is -0.143. The van der Waals surface area contributed by atoms with Gasteiger partial charge >= 0.3 is 6.03 Å². The summed E-state index contributed by atoms with van der Waals surface area (Å²) in [5.74, 6) is -5.41. The Hall–Kier alpha value is -6.28. The van der Waals surface area contributed by atoms with E-state index < -0.39 is 64.3 Å². The molecule has 0 bridgehead atoms. The molecule has 5 N–H and O–H groups in total. The Kier molecular flexibility index (Phi) is 15.4. The molecule has 1 saturated carbocycles. The van der Waals surface area contributed by atoms with Crippen molar-refractivity contribution in [3.05, 3.63) is 105 Å². The summed E-state index contributed by atoms with van der Waals surface area (Å²) in [4.78, 5) is 57.5. The Morgan fingerprint density at radius 2 is 1.66 bits per heavy atom. The Balaban J connectivity index is 0.788. The number of carbonyl (C=O) groups is 4. The number of rotatable bonds is 14. The summed E-state index contributed by atoms with van der Waals surface area (Å²) >= 11 is 6.74. The van der Waals surface area contributed by atoms with Gasteiger partial charge in [-0.2, -0.15) is 5.10 Å². The number of halogens is 5. The van der Waals surface area contributed by atoms with E-state index in [0.29, 0.717) is 63.7 Å². The van der Waals surface area contributed by atoms with Crippen molar-refractivity contribution in [1.82, 2.24) is 30.2 Å². The molecule has 4 aliphatic heterocycles. The first-order valence-electron chi connectivity index (χ1n) is 26.8. The number of carbonyl (C=O) groups excluding carboxylic acids is 4. The Morgan fingerprint density at radius 3 is 2.34 bits per heavy atom. The summed E-state index contributed by atoms with van der Waals surface area (Å²) in [6.45, 7) is 7.80. The highest BCUT2D eigenvalue weighted by molar-refractivity contribution is 6.34. The molecule has 1 aromatic heterocycles. The van der Waals surface area contributed by atoms with Crippen LogP contribution in [0.15, 0.2) is 54.6 Å². The van der Waals surface area contributed by atoms with E-state index in [1.54, 1.807) is 7.05 Å². The first-order chi connectivity index (χ1) is 36.9. The van der Waals surface area contributed by atoms with E-state index in [-0.39, 0.29) is 118 Å². The summed E-state index contributed by atoms with van der Waals surface area (Å²) in [5.41, 5.74) is 5.28. The van der Waals surface area contributed by atoms with Crippen LogP contribution in [0.25, 0.3) is 22.0 Å². The van der Waals surface area contributed by atoms with Crippen LogP contribution in [-0.2, 0) is 22.2 Å². The second-order valence-electron chi connectivity index (χ2n) is 21.7. The van der Waals surface area contributed by atoms with Crippen LogP contribution in [0.4, 0.5) is 28.2 Å². The molecule has 3 saturated heterocycles. The number of nitrogens with two attached hydrogens (primary N) is 1. The number of nitrogens with zero attached hydrogens (tertiary/aromatic N) is 5. The van der Waals surface area contributed by atoms with Gasteiger partial charge in [0.25, 0.3) is 0 Å². The van der Waals surface area contributed by atoms with Gasteiger partial charge in [-0.3, -0.25) is 29.3 Å². The molecule has 5 aliphatic rings. The molecule has 77 heavy (non-hydrogen) atoms. The molecule has 5 aromatic rings. The monoisotopic (exact) mass is 1080 g/mol. The molecule has 4 aromatic carbocycles. The minimum Gasteiger partial charge on any atom is -0.488 e. The number of hydrogen-bond acceptors (Lipinski definition) is 10. The van der Waals surface area contributed by atoms with Crippen LogP contribution in [0.5, 0.6) is 11.5 Å². The molecule has 4 fully saturated rings. The fourth-order valence-electron chi connectivity index (χ4n) is 13.0. The molecule has 410 valence electrons. The number of fused-ring (bicyclic) bond motifs is 2. The Morgan fingerprint density at radius 1 is 0.935 bits per heavy atom. The van der Waals surface area contributed by atoms with Crippen LogP contribution >= 0.6 is 11.6 Å². The average Bonchev–Trinajstić information content (AvgIpc) is 3.92. The minimum absolute atomic E-state index is 0.00840. The predicted octanol–water partition coefficient (Wildman–Crippen LogP) is 8.80. The number of benzene rings is 4. The lowest BCUT2D eigenvalue weighted by atomic mass is 9.77. The highest BCUT2D eigenvalue weighted by atomic mass is 35.5. The highest BCUT2D eigenvalue weighted by Gasteiger charge is 2.51. The van der Waals surface area contributed by atoms with E-state index in [2.05, 4.69) is 39.4 Å². The number of amides is 5. The summed E-state index contributed by atoms with van der Waals surface area (Å²) in [5, 5.41) is 19.5. The molecule has 0 spiro atoms. The largest absolute Gasteiger partial charge is 0.488 e. The van der Waals surface area contributed by atoms with Gasteiger partial charge in [0.05, 0.1) is 22.6 Å². The van der Waals surface area contributed by atoms with E-state index in [0.717, 1.165) is 18.4 Å². The summed E-state index contributed by atoms with van der Waals surface area (Å²) in [6, 6.07) is 14.0. The maximum Gasteiger partial charge on any atom is 0.329 e. The smallest absolute Gasteiger partial charge is 0.329 e. The van der Waals surface area contributed by atoms with Crippen molar-refractivity contribution in [3.8, 4) is 22.6 Å². The molecule has 15 nitrogen and oxygen atoms in total. The molecule has 5 heterocycles. The molecular weight excluding hydrogens is 1020 g/mol. The van der Waals surface area contributed by atoms with Gasteiger partial charge in [-0.25, -0.2) is 22.4 Å². The lowest BCUT2D eigenvalue weighted by Crippen LogP contribution is -2.56. The van der Waals surface area contributed by atoms with Crippen LogP contribution in [0.1, 0.15) is 117 Å². The number of aliphatic hydroxyl groups is 1. The minimum atomic E-state index is -1.15. The van der Waals surface area contributed by atoms with Crippen LogP contribution in [0, 0.1) is 35.1 Å². The third-order valence-electron chi connectivity index (χ3n) is 17.1. The van der Waals surface area contributed by atoms with E-state index in [4.69, 9.17) is 26.8 Å². The van der Waals surface area contributed by atoms with Crippen molar-refractivity contribution in [1.29, 1.82) is 0 Å². The first kappa shape index (κ1) is 54.1. The van der Waals surface area contributed by atoms with Gasteiger partial charge in [0.2, 0.25) is 17.7 Å². The number of imide groups is 1. The number of anilines is 1. The zero-order valence-corrected chi connectivity index (χ0v) is 44.4. The predicted molar refractivity (Wildman–Crippen MR) is 282 cm³/mol. The van der Waals surface area contributed by atoms with Gasteiger partial charge in [0.15, 0.2) is 28.8 Å². The summed E-state index contributed by atoms with van der Waals surface area (Å²) in [7, 11) is 1.56. The number of likely N-dealkylation sites (tertiary alicyclic amines) is 2.